The fourth-order valence-electron chi connectivity index (χ4n) is 2.24. The van der Waals surface area contributed by atoms with Crippen LogP contribution in [0.2, 0.25) is 0 Å². The zero-order chi connectivity index (χ0) is 12.9. The summed E-state index contributed by atoms with van der Waals surface area (Å²) in [6.07, 6.45) is 3.18. The molecule has 1 unspecified atom stereocenters. The maximum absolute atomic E-state index is 12.2. The number of piperidine rings is 1. The molecule has 1 rings (SSSR count). The maximum Gasteiger partial charge on any atom is 0.216 e. The topological polar surface area (TPSA) is 49.4 Å². The van der Waals surface area contributed by atoms with Crippen molar-refractivity contribution < 1.29 is 8.42 Å². The van der Waals surface area contributed by atoms with Crippen molar-refractivity contribution in [2.45, 2.75) is 45.3 Å². The van der Waals surface area contributed by atoms with Gasteiger partial charge in [-0.3, -0.25) is 0 Å². The smallest absolute Gasteiger partial charge is 0.216 e. The third-order valence-electron chi connectivity index (χ3n) is 3.29. The molecule has 5 heteroatoms. The van der Waals surface area contributed by atoms with E-state index in [0.717, 1.165) is 32.4 Å². The van der Waals surface area contributed by atoms with Crippen LogP contribution in [0, 0.1) is 5.92 Å². The summed E-state index contributed by atoms with van der Waals surface area (Å²) in [5, 5.41) is 3.03. The van der Waals surface area contributed by atoms with Crippen LogP contribution < -0.4 is 5.32 Å². The Bertz CT molecular complexity index is 308. The first kappa shape index (κ1) is 14.9. The monoisotopic (exact) mass is 262 g/mol. The molecular formula is C12H26N2O2S. The molecule has 1 saturated heterocycles. The van der Waals surface area contributed by atoms with Gasteiger partial charge in [0.15, 0.2) is 0 Å². The molecule has 0 aliphatic carbocycles. The van der Waals surface area contributed by atoms with Crippen LogP contribution >= 0.6 is 0 Å². The number of rotatable bonds is 6. The van der Waals surface area contributed by atoms with Crippen molar-refractivity contribution in [3.05, 3.63) is 0 Å². The lowest BCUT2D eigenvalue weighted by Crippen LogP contribution is -2.43. The molecule has 0 amide bonds. The van der Waals surface area contributed by atoms with Crippen LogP contribution in [0.25, 0.3) is 0 Å². The van der Waals surface area contributed by atoms with Gasteiger partial charge in [-0.25, -0.2) is 12.7 Å². The number of nitrogens with one attached hydrogen (secondary N) is 1. The van der Waals surface area contributed by atoms with E-state index in [9.17, 15) is 8.42 Å². The lowest BCUT2D eigenvalue weighted by molar-refractivity contribution is 0.290. The van der Waals surface area contributed by atoms with Gasteiger partial charge in [-0.15, -0.1) is 0 Å². The summed E-state index contributed by atoms with van der Waals surface area (Å²) in [7, 11) is -3.09. The van der Waals surface area contributed by atoms with Gasteiger partial charge in [0, 0.05) is 13.1 Å². The molecule has 1 aliphatic heterocycles. The Morgan fingerprint density at radius 1 is 1.41 bits per heavy atom. The third-order valence-corrected chi connectivity index (χ3v) is 5.53. The van der Waals surface area contributed by atoms with Crippen LogP contribution in [-0.4, -0.2) is 44.2 Å². The summed E-state index contributed by atoms with van der Waals surface area (Å²) >= 11 is 0. The third kappa shape index (κ3) is 4.23. The standard InChI is InChI=1S/C12H26N2O2S/c1-4-8-14(17(15,16)11(2)3)10-12-6-5-7-13-9-12/h11-13H,4-10H2,1-3H3. The second-order valence-corrected chi connectivity index (χ2v) is 7.65. The van der Waals surface area contributed by atoms with Gasteiger partial charge in [0.2, 0.25) is 10.0 Å². The fraction of sp³-hybridized carbons (Fsp3) is 1.00. The average Bonchev–Trinajstić information content (AvgIpc) is 2.29. The predicted molar refractivity (Wildman–Crippen MR) is 71.5 cm³/mol. The summed E-state index contributed by atoms with van der Waals surface area (Å²) < 4.78 is 26.1. The molecule has 0 spiro atoms. The second kappa shape index (κ2) is 6.71. The molecule has 1 atom stereocenters. The zero-order valence-electron chi connectivity index (χ0n) is 11.3. The Morgan fingerprint density at radius 2 is 2.12 bits per heavy atom. The molecule has 1 N–H and O–H groups in total. The molecule has 102 valence electrons. The van der Waals surface area contributed by atoms with Gasteiger partial charge in [-0.05, 0) is 52.1 Å². The molecule has 0 aromatic carbocycles. The Morgan fingerprint density at radius 3 is 2.59 bits per heavy atom. The molecule has 17 heavy (non-hydrogen) atoms. The lowest BCUT2D eigenvalue weighted by atomic mass is 10.00. The van der Waals surface area contributed by atoms with Gasteiger partial charge in [-0.1, -0.05) is 6.92 Å². The molecule has 0 bridgehead atoms. The van der Waals surface area contributed by atoms with Crippen LogP contribution in [0.4, 0.5) is 0 Å². The van der Waals surface area contributed by atoms with Gasteiger partial charge < -0.3 is 5.32 Å². The van der Waals surface area contributed by atoms with Gasteiger partial charge in [0.25, 0.3) is 0 Å². The van der Waals surface area contributed by atoms with E-state index in [1.165, 1.54) is 0 Å². The molecule has 1 aliphatic rings. The molecular weight excluding hydrogens is 236 g/mol. The van der Waals surface area contributed by atoms with E-state index < -0.39 is 10.0 Å². The van der Waals surface area contributed by atoms with Crippen molar-refractivity contribution >= 4 is 10.0 Å². The van der Waals surface area contributed by atoms with E-state index in [2.05, 4.69) is 5.32 Å². The number of nitrogens with zero attached hydrogens (tertiary/aromatic N) is 1. The van der Waals surface area contributed by atoms with E-state index in [0.29, 0.717) is 19.0 Å². The minimum Gasteiger partial charge on any atom is -0.316 e. The van der Waals surface area contributed by atoms with E-state index >= 15 is 0 Å². The second-order valence-electron chi connectivity index (χ2n) is 5.16. The largest absolute Gasteiger partial charge is 0.316 e. The highest BCUT2D eigenvalue weighted by molar-refractivity contribution is 7.89. The van der Waals surface area contributed by atoms with Crippen LogP contribution in [0.15, 0.2) is 0 Å². The summed E-state index contributed by atoms with van der Waals surface area (Å²) in [5.41, 5.74) is 0. The average molecular weight is 262 g/mol. The van der Waals surface area contributed by atoms with Crippen LogP contribution in [0.1, 0.15) is 40.0 Å². The van der Waals surface area contributed by atoms with Crippen LogP contribution in [0.5, 0.6) is 0 Å². The molecule has 0 aromatic heterocycles. The highest BCUT2D eigenvalue weighted by atomic mass is 32.2. The Labute approximate surface area is 106 Å². The number of sulfonamides is 1. The Balaban J connectivity index is 2.65. The van der Waals surface area contributed by atoms with Crippen LogP contribution in [0.3, 0.4) is 0 Å². The van der Waals surface area contributed by atoms with Crippen molar-refractivity contribution in [2.75, 3.05) is 26.2 Å². The summed E-state index contributed by atoms with van der Waals surface area (Å²) in [4.78, 5) is 0. The number of hydrogen-bond donors (Lipinski definition) is 1. The predicted octanol–water partition coefficient (Wildman–Crippen LogP) is 1.44. The molecule has 4 nitrogen and oxygen atoms in total. The minimum atomic E-state index is -3.09. The van der Waals surface area contributed by atoms with Gasteiger partial charge in [0.05, 0.1) is 5.25 Å². The van der Waals surface area contributed by atoms with E-state index in [1.54, 1.807) is 18.2 Å². The minimum absolute atomic E-state index is 0.314. The summed E-state index contributed by atoms with van der Waals surface area (Å²) in [6.45, 7) is 8.91. The Hall–Kier alpha value is -0.130. The first-order chi connectivity index (χ1) is 7.98. The Kier molecular flexibility index (Phi) is 5.89. The van der Waals surface area contributed by atoms with Crippen molar-refractivity contribution in [2.24, 2.45) is 5.92 Å². The van der Waals surface area contributed by atoms with Crippen molar-refractivity contribution in [1.82, 2.24) is 9.62 Å². The molecule has 0 saturated carbocycles. The van der Waals surface area contributed by atoms with Crippen LogP contribution in [-0.2, 0) is 10.0 Å². The first-order valence-electron chi connectivity index (χ1n) is 6.68. The quantitative estimate of drug-likeness (QED) is 0.788. The van der Waals surface area contributed by atoms with E-state index in [1.807, 2.05) is 6.92 Å². The van der Waals surface area contributed by atoms with Gasteiger partial charge >= 0.3 is 0 Å². The van der Waals surface area contributed by atoms with Crippen molar-refractivity contribution in [3.8, 4) is 0 Å². The summed E-state index contributed by atoms with van der Waals surface area (Å²) in [5.74, 6) is 0.476. The van der Waals surface area contributed by atoms with Gasteiger partial charge in [0.1, 0.15) is 0 Å². The van der Waals surface area contributed by atoms with E-state index in [4.69, 9.17) is 0 Å². The van der Waals surface area contributed by atoms with Crippen molar-refractivity contribution in [3.63, 3.8) is 0 Å². The highest BCUT2D eigenvalue weighted by Gasteiger charge is 2.27. The fourth-order valence-corrected chi connectivity index (χ4v) is 3.69. The first-order valence-corrected chi connectivity index (χ1v) is 8.18. The maximum atomic E-state index is 12.2. The normalized spacial score (nSPS) is 22.3. The highest BCUT2D eigenvalue weighted by Crippen LogP contribution is 2.16. The number of hydrogen-bond acceptors (Lipinski definition) is 3. The molecule has 0 aromatic rings. The lowest BCUT2D eigenvalue weighted by Gasteiger charge is -2.30. The zero-order valence-corrected chi connectivity index (χ0v) is 12.1. The SMILES string of the molecule is CCCN(CC1CCCNC1)S(=O)(=O)C(C)C. The molecule has 1 heterocycles. The van der Waals surface area contributed by atoms with Gasteiger partial charge in [-0.2, -0.15) is 0 Å². The molecule has 0 radical (unpaired) electrons. The van der Waals surface area contributed by atoms with E-state index in [-0.39, 0.29) is 5.25 Å². The van der Waals surface area contributed by atoms with Crippen molar-refractivity contribution in [1.29, 1.82) is 0 Å². The summed E-state index contributed by atoms with van der Waals surface area (Å²) in [6, 6.07) is 0. The molecule has 1 fully saturated rings.